The molecular formula is C18H21N3O2S. The molecule has 0 unspecified atom stereocenters. The minimum absolute atomic E-state index is 0.0690. The summed E-state index contributed by atoms with van der Waals surface area (Å²) in [4.78, 5) is 28.6. The van der Waals surface area contributed by atoms with Gasteiger partial charge in [0.15, 0.2) is 0 Å². The molecule has 1 aromatic carbocycles. The Bertz CT molecular complexity index is 702. The summed E-state index contributed by atoms with van der Waals surface area (Å²) in [6.07, 6.45) is 0. The fraction of sp³-hybridized carbons (Fsp3) is 0.333. The van der Waals surface area contributed by atoms with Crippen LogP contribution in [0.3, 0.4) is 0 Å². The molecule has 2 aromatic rings. The molecule has 1 N–H and O–H groups in total. The smallest absolute Gasteiger partial charge is 0.252 e. The van der Waals surface area contributed by atoms with E-state index in [1.54, 1.807) is 4.90 Å². The molecule has 1 aliphatic rings. The predicted molar refractivity (Wildman–Crippen MR) is 95.0 cm³/mol. The maximum atomic E-state index is 12.6. The van der Waals surface area contributed by atoms with Gasteiger partial charge in [-0.05, 0) is 24.1 Å². The van der Waals surface area contributed by atoms with Crippen molar-refractivity contribution in [2.75, 3.05) is 27.2 Å². The van der Waals surface area contributed by atoms with Crippen molar-refractivity contribution in [3.05, 3.63) is 58.3 Å². The van der Waals surface area contributed by atoms with E-state index in [0.717, 1.165) is 5.56 Å². The van der Waals surface area contributed by atoms with Crippen LogP contribution in [-0.2, 0) is 4.79 Å². The molecule has 2 heterocycles. The van der Waals surface area contributed by atoms with Gasteiger partial charge in [0, 0.05) is 37.1 Å². The highest BCUT2D eigenvalue weighted by molar-refractivity contribution is 7.08. The molecule has 2 amide bonds. The highest BCUT2D eigenvalue weighted by atomic mass is 32.1. The fourth-order valence-electron chi connectivity index (χ4n) is 3.06. The molecule has 24 heavy (non-hydrogen) atoms. The highest BCUT2D eigenvalue weighted by Gasteiger charge is 2.37. The molecule has 0 spiro atoms. The summed E-state index contributed by atoms with van der Waals surface area (Å²) in [7, 11) is 3.77. The van der Waals surface area contributed by atoms with Crippen molar-refractivity contribution < 1.29 is 9.59 Å². The number of hydrogen-bond acceptors (Lipinski definition) is 4. The zero-order chi connectivity index (χ0) is 17.1. The fourth-order valence-corrected chi connectivity index (χ4v) is 3.69. The Balaban J connectivity index is 1.72. The minimum Gasteiger partial charge on any atom is -0.350 e. The third-order valence-electron chi connectivity index (χ3n) is 4.47. The van der Waals surface area contributed by atoms with Gasteiger partial charge in [0.25, 0.3) is 5.91 Å². The summed E-state index contributed by atoms with van der Waals surface area (Å²) >= 11 is 1.50. The quantitative estimate of drug-likeness (QED) is 0.924. The number of rotatable bonds is 4. The van der Waals surface area contributed by atoms with Crippen LogP contribution >= 0.6 is 11.3 Å². The van der Waals surface area contributed by atoms with E-state index in [1.807, 2.05) is 61.3 Å². The maximum absolute atomic E-state index is 12.6. The van der Waals surface area contributed by atoms with Crippen molar-refractivity contribution in [3.63, 3.8) is 0 Å². The average Bonchev–Trinajstić information content (AvgIpc) is 3.12. The summed E-state index contributed by atoms with van der Waals surface area (Å²) in [5, 5.41) is 6.70. The van der Waals surface area contributed by atoms with Crippen LogP contribution in [0.2, 0.25) is 0 Å². The summed E-state index contributed by atoms with van der Waals surface area (Å²) in [6.45, 7) is 1.11. The summed E-state index contributed by atoms with van der Waals surface area (Å²) in [5.74, 6) is 0.0181. The Morgan fingerprint density at radius 3 is 2.67 bits per heavy atom. The molecule has 0 bridgehead atoms. The third-order valence-corrected chi connectivity index (χ3v) is 5.16. The zero-order valence-electron chi connectivity index (χ0n) is 13.8. The lowest BCUT2D eigenvalue weighted by atomic mass is 9.99. The van der Waals surface area contributed by atoms with Crippen molar-refractivity contribution in [1.29, 1.82) is 0 Å². The van der Waals surface area contributed by atoms with Gasteiger partial charge in [-0.15, -0.1) is 0 Å². The van der Waals surface area contributed by atoms with Gasteiger partial charge in [0.2, 0.25) is 5.91 Å². The van der Waals surface area contributed by atoms with Gasteiger partial charge >= 0.3 is 0 Å². The molecule has 0 aliphatic carbocycles. The van der Waals surface area contributed by atoms with Crippen LogP contribution in [0, 0.1) is 0 Å². The van der Waals surface area contributed by atoms with E-state index >= 15 is 0 Å². The van der Waals surface area contributed by atoms with Crippen LogP contribution < -0.4 is 5.32 Å². The van der Waals surface area contributed by atoms with E-state index in [9.17, 15) is 9.59 Å². The zero-order valence-corrected chi connectivity index (χ0v) is 14.6. The first-order valence-corrected chi connectivity index (χ1v) is 8.84. The minimum atomic E-state index is -0.312. The summed E-state index contributed by atoms with van der Waals surface area (Å²) < 4.78 is 0. The second-order valence-electron chi connectivity index (χ2n) is 6.07. The second-order valence-corrected chi connectivity index (χ2v) is 6.85. The van der Waals surface area contributed by atoms with Crippen LogP contribution in [0.15, 0.2) is 47.2 Å². The standard InChI is InChI=1S/C18H21N3O2S/c1-20-11-15(10-19-17(22)14-8-9-24-12-14)21(2)16(18(20)23)13-6-4-3-5-7-13/h3-9,12,15-16H,10-11H2,1-2H3,(H,19,22)/t15-,16+/m1/s1. The van der Waals surface area contributed by atoms with E-state index in [-0.39, 0.29) is 23.9 Å². The van der Waals surface area contributed by atoms with Crippen LogP contribution in [0.1, 0.15) is 22.0 Å². The Hall–Kier alpha value is -2.18. The number of piperazine rings is 1. The normalized spacial score (nSPS) is 21.8. The monoisotopic (exact) mass is 343 g/mol. The molecule has 1 saturated heterocycles. The first-order chi connectivity index (χ1) is 11.6. The number of hydrogen-bond donors (Lipinski definition) is 1. The summed E-state index contributed by atoms with van der Waals surface area (Å²) in [5.41, 5.74) is 1.66. The molecule has 5 nitrogen and oxygen atoms in total. The highest BCUT2D eigenvalue weighted by Crippen LogP contribution is 2.27. The van der Waals surface area contributed by atoms with Crippen LogP contribution in [-0.4, -0.2) is 54.8 Å². The Morgan fingerprint density at radius 1 is 1.25 bits per heavy atom. The number of benzene rings is 1. The molecule has 0 radical (unpaired) electrons. The maximum Gasteiger partial charge on any atom is 0.252 e. The Morgan fingerprint density at radius 2 is 2.00 bits per heavy atom. The van der Waals surface area contributed by atoms with E-state index in [0.29, 0.717) is 18.7 Å². The summed E-state index contributed by atoms with van der Waals surface area (Å²) in [6, 6.07) is 11.3. The molecule has 0 saturated carbocycles. The van der Waals surface area contributed by atoms with Gasteiger partial charge in [-0.25, -0.2) is 0 Å². The Kier molecular flexibility index (Phi) is 4.97. The van der Waals surface area contributed by atoms with Crippen molar-refractivity contribution in [1.82, 2.24) is 15.1 Å². The van der Waals surface area contributed by atoms with Crippen molar-refractivity contribution in [2.24, 2.45) is 0 Å². The molecule has 2 atom stereocenters. The van der Waals surface area contributed by atoms with Gasteiger partial charge in [-0.2, -0.15) is 11.3 Å². The van der Waals surface area contributed by atoms with Crippen molar-refractivity contribution >= 4 is 23.2 Å². The van der Waals surface area contributed by atoms with Crippen molar-refractivity contribution in [2.45, 2.75) is 12.1 Å². The van der Waals surface area contributed by atoms with Gasteiger partial charge in [0.05, 0.1) is 0 Å². The molecule has 6 heteroatoms. The SMILES string of the molecule is CN1C[C@@H](CNC(=O)c2ccsc2)N(C)[C@@H](c2ccccc2)C1=O. The van der Waals surface area contributed by atoms with E-state index in [2.05, 4.69) is 10.2 Å². The topological polar surface area (TPSA) is 52.7 Å². The first-order valence-electron chi connectivity index (χ1n) is 7.90. The van der Waals surface area contributed by atoms with Crippen LogP contribution in [0.25, 0.3) is 0 Å². The van der Waals surface area contributed by atoms with Crippen LogP contribution in [0.4, 0.5) is 0 Å². The lowest BCUT2D eigenvalue weighted by Gasteiger charge is -2.43. The Labute approximate surface area is 145 Å². The van der Waals surface area contributed by atoms with E-state index < -0.39 is 0 Å². The third kappa shape index (κ3) is 3.34. The number of nitrogens with one attached hydrogen (secondary N) is 1. The molecule has 126 valence electrons. The van der Waals surface area contributed by atoms with E-state index in [1.165, 1.54) is 11.3 Å². The van der Waals surface area contributed by atoms with Gasteiger partial charge in [0.1, 0.15) is 6.04 Å². The molecule has 1 aromatic heterocycles. The molecular weight excluding hydrogens is 322 g/mol. The molecule has 3 rings (SSSR count). The lowest BCUT2D eigenvalue weighted by molar-refractivity contribution is -0.142. The second kappa shape index (κ2) is 7.15. The average molecular weight is 343 g/mol. The van der Waals surface area contributed by atoms with Gasteiger partial charge in [-0.1, -0.05) is 30.3 Å². The predicted octanol–water partition coefficient (Wildman–Crippen LogP) is 1.99. The number of amides is 2. The molecule has 1 aliphatic heterocycles. The number of carbonyl (C=O) groups is 2. The molecule has 1 fully saturated rings. The van der Waals surface area contributed by atoms with Gasteiger partial charge < -0.3 is 10.2 Å². The van der Waals surface area contributed by atoms with Crippen LogP contribution in [0.5, 0.6) is 0 Å². The number of likely N-dealkylation sites (N-methyl/N-ethyl adjacent to an activating group) is 2. The van der Waals surface area contributed by atoms with Crippen molar-refractivity contribution in [3.8, 4) is 0 Å². The van der Waals surface area contributed by atoms with Gasteiger partial charge in [-0.3, -0.25) is 14.5 Å². The number of thiophene rings is 1. The first kappa shape index (κ1) is 16.7. The number of carbonyl (C=O) groups excluding carboxylic acids is 2. The largest absolute Gasteiger partial charge is 0.350 e. The lowest BCUT2D eigenvalue weighted by Crippen LogP contribution is -2.58. The van der Waals surface area contributed by atoms with E-state index in [4.69, 9.17) is 0 Å². The number of nitrogens with zero attached hydrogens (tertiary/aromatic N) is 2.